The number of benzene rings is 2. The van der Waals surface area contributed by atoms with Crippen LogP contribution in [-0.2, 0) is 24.2 Å². The van der Waals surface area contributed by atoms with Crippen LogP contribution in [0.5, 0.6) is 5.75 Å². The maximum absolute atomic E-state index is 12.5. The van der Waals surface area contributed by atoms with E-state index in [0.717, 1.165) is 24.2 Å². The number of ether oxygens (including phenoxy) is 2. The van der Waals surface area contributed by atoms with Crippen molar-refractivity contribution in [2.24, 2.45) is 17.8 Å². The van der Waals surface area contributed by atoms with Gasteiger partial charge in [0.05, 0.1) is 6.61 Å². The largest absolute Gasteiger partial charge is 0.489 e. The van der Waals surface area contributed by atoms with Crippen molar-refractivity contribution in [1.82, 2.24) is 10.2 Å². The highest BCUT2D eigenvalue weighted by Crippen LogP contribution is 2.59. The molecule has 176 valence electrons. The Bertz CT molecular complexity index is 1200. The first-order valence-electron chi connectivity index (χ1n) is 12.7. The van der Waals surface area contributed by atoms with Crippen molar-refractivity contribution in [3.8, 4) is 5.75 Å². The Morgan fingerprint density at radius 2 is 2.00 bits per heavy atom. The lowest BCUT2D eigenvalue weighted by Crippen LogP contribution is -2.38. The molecule has 1 fully saturated rings. The van der Waals surface area contributed by atoms with Crippen molar-refractivity contribution >= 4 is 5.97 Å². The summed E-state index contributed by atoms with van der Waals surface area (Å²) in [7, 11) is 0. The average molecular weight is 457 g/mol. The molecule has 5 nitrogen and oxygen atoms in total. The molecule has 5 atom stereocenters. The zero-order valence-corrected chi connectivity index (χ0v) is 19.9. The Balaban J connectivity index is 1.23. The number of H-pyrrole nitrogens is 1. The number of aromatic nitrogens is 2. The summed E-state index contributed by atoms with van der Waals surface area (Å²) in [5.41, 5.74) is 6.95. The van der Waals surface area contributed by atoms with Crippen LogP contribution >= 0.6 is 0 Å². The molecule has 5 heteroatoms. The first-order valence-corrected chi connectivity index (χ1v) is 12.7. The summed E-state index contributed by atoms with van der Waals surface area (Å²) in [4.78, 5) is 12.5. The van der Waals surface area contributed by atoms with Crippen LogP contribution in [-0.4, -0.2) is 22.8 Å². The van der Waals surface area contributed by atoms with Crippen LogP contribution in [0.15, 0.2) is 48.5 Å². The molecule has 0 spiro atoms. The van der Waals surface area contributed by atoms with Crippen molar-refractivity contribution in [1.29, 1.82) is 0 Å². The molecule has 0 bridgehead atoms. The second kappa shape index (κ2) is 8.61. The number of hydrogen-bond acceptors (Lipinski definition) is 4. The molecule has 1 N–H and O–H groups in total. The molecule has 1 aromatic heterocycles. The third kappa shape index (κ3) is 3.53. The van der Waals surface area contributed by atoms with Gasteiger partial charge in [-0.2, -0.15) is 5.10 Å². The number of aryl methyl sites for hydroxylation is 1. The van der Waals surface area contributed by atoms with E-state index in [4.69, 9.17) is 9.47 Å². The Hall–Kier alpha value is -3.08. The lowest BCUT2D eigenvalue weighted by molar-refractivity contribution is 0.0517. The van der Waals surface area contributed by atoms with Crippen molar-refractivity contribution < 1.29 is 14.3 Å². The number of esters is 1. The molecule has 0 saturated heterocycles. The van der Waals surface area contributed by atoms with Gasteiger partial charge >= 0.3 is 5.97 Å². The van der Waals surface area contributed by atoms with Gasteiger partial charge in [-0.05, 0) is 85.1 Å². The van der Waals surface area contributed by atoms with Crippen molar-refractivity contribution in [3.63, 3.8) is 0 Å². The second-order valence-electron chi connectivity index (χ2n) is 10.2. The predicted octanol–water partition coefficient (Wildman–Crippen LogP) is 5.81. The number of aromatic amines is 1. The topological polar surface area (TPSA) is 64.2 Å². The van der Waals surface area contributed by atoms with Crippen LogP contribution < -0.4 is 4.74 Å². The molecule has 3 aliphatic rings. The average Bonchev–Trinajstić information content (AvgIpc) is 3.43. The van der Waals surface area contributed by atoms with Gasteiger partial charge < -0.3 is 9.47 Å². The van der Waals surface area contributed by atoms with E-state index < -0.39 is 0 Å². The number of nitrogens with one attached hydrogen (secondary N) is 1. The van der Waals surface area contributed by atoms with Crippen molar-refractivity contribution in [2.75, 3.05) is 6.61 Å². The minimum Gasteiger partial charge on any atom is -0.489 e. The highest BCUT2D eigenvalue weighted by atomic mass is 16.5. The number of rotatable bonds is 5. The van der Waals surface area contributed by atoms with E-state index in [1.165, 1.54) is 35.2 Å². The number of hydrogen-bond donors (Lipinski definition) is 1. The maximum atomic E-state index is 12.5. The van der Waals surface area contributed by atoms with Gasteiger partial charge in [0.15, 0.2) is 5.69 Å². The molecular formula is C29H32N2O3. The summed E-state index contributed by atoms with van der Waals surface area (Å²) in [6.07, 6.45) is 4.40. The minimum absolute atomic E-state index is 0.292. The molecule has 1 saturated carbocycles. The number of fused-ring (bicyclic) bond motifs is 7. The standard InChI is InChI=1S/C29H32N2O3/c1-3-33-29(32)28-25-15-24-22-11-9-19-14-20(34-16-18-7-5-4-6-8-18)10-12-21(19)23(22)13-17(2)26(24)27(25)30-31-28/h4-8,10,12,14,17,22-24,26H,3,9,11,13,15-16H2,1-2H3,(H,30,31)/t17-,22?,23?,24?,26?/m1/s1. The number of carbonyl (C=O) groups excluding carboxylic acids is 1. The molecule has 4 unspecified atom stereocenters. The zero-order valence-electron chi connectivity index (χ0n) is 19.9. The van der Waals surface area contributed by atoms with E-state index in [1.807, 2.05) is 25.1 Å². The van der Waals surface area contributed by atoms with Gasteiger partial charge in [-0.1, -0.05) is 43.3 Å². The SMILES string of the molecule is CCOC(=O)c1n[nH]c2c1CC1C3CCc4cc(OCc5ccccc5)ccc4C3C[C@@H](C)C21. The van der Waals surface area contributed by atoms with Crippen LogP contribution in [0.3, 0.4) is 0 Å². The first kappa shape index (κ1) is 21.5. The second-order valence-corrected chi connectivity index (χ2v) is 10.2. The van der Waals surface area contributed by atoms with Gasteiger partial charge in [-0.3, -0.25) is 5.10 Å². The van der Waals surface area contributed by atoms with Gasteiger partial charge in [0, 0.05) is 17.2 Å². The fraction of sp³-hybridized carbons (Fsp3) is 0.448. The highest BCUT2D eigenvalue weighted by molar-refractivity contribution is 5.89. The Morgan fingerprint density at radius 1 is 1.15 bits per heavy atom. The number of nitrogens with zero attached hydrogens (tertiary/aromatic N) is 1. The predicted molar refractivity (Wildman–Crippen MR) is 130 cm³/mol. The quantitative estimate of drug-likeness (QED) is 0.492. The van der Waals surface area contributed by atoms with Crippen molar-refractivity contribution in [2.45, 2.75) is 58.0 Å². The molecule has 2 aromatic carbocycles. The summed E-state index contributed by atoms with van der Waals surface area (Å²) in [6.45, 7) is 5.19. The van der Waals surface area contributed by atoms with E-state index in [2.05, 4.69) is 47.5 Å². The molecule has 34 heavy (non-hydrogen) atoms. The van der Waals surface area contributed by atoms with E-state index in [1.54, 1.807) is 0 Å². The number of carbonyl (C=O) groups is 1. The van der Waals surface area contributed by atoms with E-state index >= 15 is 0 Å². The molecule has 3 aliphatic carbocycles. The highest BCUT2D eigenvalue weighted by Gasteiger charge is 2.51. The van der Waals surface area contributed by atoms with E-state index in [0.29, 0.717) is 48.5 Å². The lowest BCUT2D eigenvalue weighted by Gasteiger charge is -2.47. The fourth-order valence-electron chi connectivity index (χ4n) is 7.04. The first-order chi connectivity index (χ1) is 16.6. The smallest absolute Gasteiger partial charge is 0.359 e. The third-order valence-corrected chi connectivity index (χ3v) is 8.42. The molecule has 0 aliphatic heterocycles. The third-order valence-electron chi connectivity index (χ3n) is 8.42. The molecule has 1 heterocycles. The molecule has 0 radical (unpaired) electrons. The lowest BCUT2D eigenvalue weighted by atomic mass is 9.57. The molecular weight excluding hydrogens is 424 g/mol. The summed E-state index contributed by atoms with van der Waals surface area (Å²) in [5, 5.41) is 7.59. The Kier molecular flexibility index (Phi) is 5.43. The van der Waals surface area contributed by atoms with Gasteiger partial charge in [0.1, 0.15) is 12.4 Å². The van der Waals surface area contributed by atoms with Gasteiger partial charge in [-0.15, -0.1) is 0 Å². The van der Waals surface area contributed by atoms with Gasteiger partial charge in [0.2, 0.25) is 0 Å². The summed E-state index contributed by atoms with van der Waals surface area (Å²) >= 11 is 0. The molecule has 3 aromatic rings. The zero-order chi connectivity index (χ0) is 23.2. The normalized spacial score (nSPS) is 26.7. The maximum Gasteiger partial charge on any atom is 0.359 e. The monoisotopic (exact) mass is 456 g/mol. The summed E-state index contributed by atoms with van der Waals surface area (Å²) < 4.78 is 11.4. The van der Waals surface area contributed by atoms with Crippen LogP contribution in [0, 0.1) is 17.8 Å². The van der Waals surface area contributed by atoms with Gasteiger partial charge in [0.25, 0.3) is 0 Å². The van der Waals surface area contributed by atoms with E-state index in [9.17, 15) is 4.79 Å². The van der Waals surface area contributed by atoms with Crippen LogP contribution in [0.25, 0.3) is 0 Å². The van der Waals surface area contributed by atoms with E-state index in [-0.39, 0.29) is 5.97 Å². The molecule has 6 rings (SSSR count). The summed E-state index contributed by atoms with van der Waals surface area (Å²) in [6, 6.07) is 17.1. The fourth-order valence-corrected chi connectivity index (χ4v) is 7.04. The van der Waals surface area contributed by atoms with Crippen molar-refractivity contribution in [3.05, 3.63) is 82.2 Å². The molecule has 0 amide bonds. The Labute approximate surface area is 200 Å². The van der Waals surface area contributed by atoms with Gasteiger partial charge in [-0.25, -0.2) is 4.79 Å². The van der Waals surface area contributed by atoms with Crippen LogP contribution in [0.2, 0.25) is 0 Å². The van der Waals surface area contributed by atoms with Crippen LogP contribution in [0.4, 0.5) is 0 Å². The Morgan fingerprint density at radius 3 is 2.82 bits per heavy atom. The van der Waals surface area contributed by atoms with Crippen LogP contribution in [0.1, 0.15) is 77.0 Å². The minimum atomic E-state index is -0.292. The summed E-state index contributed by atoms with van der Waals surface area (Å²) in [5.74, 6) is 3.45.